The van der Waals surface area contributed by atoms with Gasteiger partial charge in [-0.2, -0.15) is 0 Å². The van der Waals surface area contributed by atoms with E-state index in [9.17, 15) is 9.59 Å². The van der Waals surface area contributed by atoms with Crippen LogP contribution in [-0.4, -0.2) is 30.8 Å². The van der Waals surface area contributed by atoms with Crippen LogP contribution < -0.4 is 10.2 Å². The summed E-state index contributed by atoms with van der Waals surface area (Å²) in [4.78, 5) is 27.0. The molecule has 2 heterocycles. The van der Waals surface area contributed by atoms with E-state index in [0.717, 1.165) is 34.5 Å². The number of amides is 1. The predicted molar refractivity (Wildman–Crippen MR) is 101 cm³/mol. The van der Waals surface area contributed by atoms with Crippen LogP contribution >= 0.6 is 27.3 Å². The second kappa shape index (κ2) is 7.94. The number of carbonyl (C=O) groups is 2. The van der Waals surface area contributed by atoms with Gasteiger partial charge < -0.3 is 10.2 Å². The molecule has 1 aromatic heterocycles. The molecule has 0 saturated carbocycles. The first-order chi connectivity index (χ1) is 11.6. The number of halogens is 1. The predicted octanol–water partition coefficient (Wildman–Crippen LogP) is 3.87. The fraction of sp³-hybridized carbons (Fsp3) is 0.333. The fourth-order valence-electron chi connectivity index (χ4n) is 2.89. The normalized spacial score (nSPS) is 17.0. The number of nitrogens with zero attached hydrogens (tertiary/aromatic N) is 1. The van der Waals surface area contributed by atoms with Gasteiger partial charge in [0.1, 0.15) is 0 Å². The molecule has 1 unspecified atom stereocenters. The largest absolute Gasteiger partial charge is 0.368 e. The van der Waals surface area contributed by atoms with Crippen molar-refractivity contribution >= 4 is 44.6 Å². The van der Waals surface area contributed by atoms with Gasteiger partial charge in [-0.25, -0.2) is 0 Å². The van der Waals surface area contributed by atoms with Crippen LogP contribution in [0.5, 0.6) is 0 Å². The minimum absolute atomic E-state index is 0.0427. The number of hydrogen-bond acceptors (Lipinski definition) is 4. The van der Waals surface area contributed by atoms with Crippen molar-refractivity contribution in [3.05, 3.63) is 51.1 Å². The Morgan fingerprint density at radius 2 is 2.04 bits per heavy atom. The SMILES string of the molecule is O=C(CCC(=O)c1cccs1)NC1CCN(c2ccccc2Br)C1. The van der Waals surface area contributed by atoms with Gasteiger partial charge in [-0.15, -0.1) is 11.3 Å². The van der Waals surface area contributed by atoms with Gasteiger partial charge in [0.2, 0.25) is 5.91 Å². The Hall–Kier alpha value is -1.66. The molecule has 1 saturated heterocycles. The van der Waals surface area contributed by atoms with Crippen molar-refractivity contribution < 1.29 is 9.59 Å². The average molecular weight is 407 g/mol. The highest BCUT2D eigenvalue weighted by Gasteiger charge is 2.25. The number of hydrogen-bond donors (Lipinski definition) is 1. The molecular weight excluding hydrogens is 388 g/mol. The Balaban J connectivity index is 1.46. The van der Waals surface area contributed by atoms with Crippen LogP contribution in [0, 0.1) is 0 Å². The van der Waals surface area contributed by atoms with E-state index in [1.807, 2.05) is 29.6 Å². The number of ketones is 1. The molecule has 0 radical (unpaired) electrons. The molecule has 1 fully saturated rings. The average Bonchev–Trinajstić information content (AvgIpc) is 3.25. The summed E-state index contributed by atoms with van der Waals surface area (Å²) in [7, 11) is 0. The first-order valence-corrected chi connectivity index (χ1v) is 9.66. The number of benzene rings is 1. The Kier molecular flexibility index (Phi) is 5.68. The summed E-state index contributed by atoms with van der Waals surface area (Å²) < 4.78 is 1.07. The van der Waals surface area contributed by atoms with Gasteiger partial charge >= 0.3 is 0 Å². The molecule has 0 bridgehead atoms. The molecule has 0 aliphatic carbocycles. The second-order valence-electron chi connectivity index (χ2n) is 5.85. The standard InChI is InChI=1S/C18H19BrN2O2S/c19-14-4-1-2-5-15(14)21-10-9-13(12-21)20-18(23)8-7-16(22)17-6-3-11-24-17/h1-6,11,13H,7-10,12H2,(H,20,23). The number of rotatable bonds is 6. The molecule has 1 N–H and O–H groups in total. The summed E-state index contributed by atoms with van der Waals surface area (Å²) in [6.45, 7) is 1.72. The maximum atomic E-state index is 12.1. The molecule has 1 atom stereocenters. The summed E-state index contributed by atoms with van der Waals surface area (Å²) in [5, 5.41) is 4.93. The van der Waals surface area contributed by atoms with E-state index in [1.165, 1.54) is 11.3 Å². The third-order valence-corrected chi connectivity index (χ3v) is 5.70. The highest BCUT2D eigenvalue weighted by atomic mass is 79.9. The summed E-state index contributed by atoms with van der Waals surface area (Å²) in [5.74, 6) is 0.000276. The summed E-state index contributed by atoms with van der Waals surface area (Å²) in [5.41, 5.74) is 1.15. The van der Waals surface area contributed by atoms with E-state index < -0.39 is 0 Å². The molecule has 1 aliphatic rings. The van der Waals surface area contributed by atoms with Crippen LogP contribution in [0.25, 0.3) is 0 Å². The van der Waals surface area contributed by atoms with E-state index in [4.69, 9.17) is 0 Å². The van der Waals surface area contributed by atoms with Crippen LogP contribution in [0.1, 0.15) is 28.9 Å². The van der Waals surface area contributed by atoms with Crippen LogP contribution in [0.15, 0.2) is 46.3 Å². The zero-order valence-corrected chi connectivity index (χ0v) is 15.6. The minimum Gasteiger partial charge on any atom is -0.368 e. The highest BCUT2D eigenvalue weighted by molar-refractivity contribution is 9.10. The van der Waals surface area contributed by atoms with Gasteiger partial charge in [-0.1, -0.05) is 18.2 Å². The van der Waals surface area contributed by atoms with Crippen LogP contribution in [0.2, 0.25) is 0 Å². The lowest BCUT2D eigenvalue weighted by Crippen LogP contribution is -2.37. The fourth-order valence-corrected chi connectivity index (χ4v) is 4.12. The Bertz CT molecular complexity index is 718. The maximum absolute atomic E-state index is 12.1. The lowest BCUT2D eigenvalue weighted by atomic mass is 10.1. The number of carbonyl (C=O) groups excluding carboxylic acids is 2. The number of para-hydroxylation sites is 1. The Morgan fingerprint density at radius 3 is 2.79 bits per heavy atom. The van der Waals surface area contributed by atoms with Gasteiger partial charge in [0.15, 0.2) is 5.78 Å². The van der Waals surface area contributed by atoms with E-state index in [-0.39, 0.29) is 30.6 Å². The summed E-state index contributed by atoms with van der Waals surface area (Å²) in [6.07, 6.45) is 1.45. The van der Waals surface area contributed by atoms with Crippen molar-refractivity contribution in [2.45, 2.75) is 25.3 Å². The van der Waals surface area contributed by atoms with Crippen molar-refractivity contribution in [1.82, 2.24) is 5.32 Å². The summed E-state index contributed by atoms with van der Waals surface area (Å²) in [6, 6.07) is 11.9. The Morgan fingerprint density at radius 1 is 1.21 bits per heavy atom. The lowest BCUT2D eigenvalue weighted by Gasteiger charge is -2.20. The van der Waals surface area contributed by atoms with E-state index in [2.05, 4.69) is 32.2 Å². The van der Waals surface area contributed by atoms with Crippen molar-refractivity contribution in [2.24, 2.45) is 0 Å². The van der Waals surface area contributed by atoms with Crippen LogP contribution in [0.3, 0.4) is 0 Å². The minimum atomic E-state index is -0.0427. The van der Waals surface area contributed by atoms with E-state index in [1.54, 1.807) is 6.07 Å². The number of Topliss-reactive ketones (excluding diaryl/α,β-unsaturated/α-hetero) is 1. The molecule has 4 nitrogen and oxygen atoms in total. The quantitative estimate of drug-likeness (QED) is 0.740. The van der Waals surface area contributed by atoms with Gasteiger partial charge in [0.05, 0.1) is 10.6 Å². The number of thiophene rings is 1. The van der Waals surface area contributed by atoms with Crippen LogP contribution in [-0.2, 0) is 4.79 Å². The van der Waals surface area contributed by atoms with Gasteiger partial charge in [-0.3, -0.25) is 9.59 Å². The molecule has 3 rings (SSSR count). The van der Waals surface area contributed by atoms with Gasteiger partial charge in [0.25, 0.3) is 0 Å². The molecule has 1 aromatic carbocycles. The van der Waals surface area contributed by atoms with Gasteiger partial charge in [-0.05, 0) is 45.9 Å². The first-order valence-electron chi connectivity index (χ1n) is 7.99. The third-order valence-electron chi connectivity index (χ3n) is 4.12. The van der Waals surface area contributed by atoms with Crippen molar-refractivity contribution in [3.8, 4) is 0 Å². The molecule has 1 aliphatic heterocycles. The van der Waals surface area contributed by atoms with E-state index >= 15 is 0 Å². The third kappa shape index (κ3) is 4.24. The smallest absolute Gasteiger partial charge is 0.220 e. The van der Waals surface area contributed by atoms with Crippen molar-refractivity contribution in [2.75, 3.05) is 18.0 Å². The highest BCUT2D eigenvalue weighted by Crippen LogP contribution is 2.28. The number of nitrogens with one attached hydrogen (secondary N) is 1. The molecule has 24 heavy (non-hydrogen) atoms. The molecule has 1 amide bonds. The summed E-state index contributed by atoms with van der Waals surface area (Å²) >= 11 is 4.99. The monoisotopic (exact) mass is 406 g/mol. The van der Waals surface area contributed by atoms with Crippen molar-refractivity contribution in [1.29, 1.82) is 0 Å². The zero-order chi connectivity index (χ0) is 16.9. The zero-order valence-electron chi connectivity index (χ0n) is 13.2. The Labute approximate surface area is 154 Å². The molecule has 6 heteroatoms. The topological polar surface area (TPSA) is 49.4 Å². The molecule has 2 aromatic rings. The molecule has 126 valence electrons. The second-order valence-corrected chi connectivity index (χ2v) is 7.65. The lowest BCUT2D eigenvalue weighted by molar-refractivity contribution is -0.121. The molecular formula is C18H19BrN2O2S. The van der Waals surface area contributed by atoms with Crippen molar-refractivity contribution in [3.63, 3.8) is 0 Å². The van der Waals surface area contributed by atoms with Gasteiger partial charge in [0, 0.05) is 36.4 Å². The van der Waals surface area contributed by atoms with E-state index in [0.29, 0.717) is 0 Å². The van der Waals surface area contributed by atoms with Crippen LogP contribution in [0.4, 0.5) is 5.69 Å². The molecule has 0 spiro atoms. The first kappa shape index (κ1) is 17.2. The number of anilines is 1. The maximum Gasteiger partial charge on any atom is 0.220 e.